The number of non-ortho nitro benzene ring substituents is 1. The topological polar surface area (TPSA) is 163 Å². The molecule has 1 amide bonds. The first kappa shape index (κ1) is 14.7. The Morgan fingerprint density at radius 2 is 2.16 bits per heavy atom. The van der Waals surface area contributed by atoms with Crippen molar-refractivity contribution in [2.45, 2.75) is 12.3 Å². The van der Waals surface area contributed by atoms with Crippen LogP contribution in [0.25, 0.3) is 0 Å². The summed E-state index contributed by atoms with van der Waals surface area (Å²) < 4.78 is 0. The van der Waals surface area contributed by atoms with Crippen molar-refractivity contribution >= 4 is 23.1 Å². The summed E-state index contributed by atoms with van der Waals surface area (Å²) in [5, 5.41) is 33.2. The molecule has 2 aliphatic rings. The normalized spacial score (nSPS) is 20.6. The largest absolute Gasteiger partial charge is 0.384 e. The molecule has 4 rings (SSSR count). The average molecular weight is 337 g/mol. The molecular weight excluding hydrogens is 326 g/mol. The number of aryl methyl sites for hydroxylation is 1. The first-order valence-electron chi connectivity index (χ1n) is 7.24. The number of carbonyl (C=O) groups is 1. The van der Waals surface area contributed by atoms with Crippen LogP contribution < -0.4 is 16.4 Å². The molecule has 1 spiro atoms. The van der Waals surface area contributed by atoms with E-state index in [0.29, 0.717) is 28.3 Å². The summed E-state index contributed by atoms with van der Waals surface area (Å²) in [6, 6.07) is 6.02. The maximum Gasteiger partial charge on any atom is 0.269 e. The van der Waals surface area contributed by atoms with E-state index < -0.39 is 16.2 Å². The number of rotatable bonds is 1. The number of hydrogen-bond acceptors (Lipinski definition) is 7. The van der Waals surface area contributed by atoms with Crippen molar-refractivity contribution in [1.29, 1.82) is 5.26 Å². The Morgan fingerprint density at radius 1 is 1.40 bits per heavy atom. The van der Waals surface area contributed by atoms with Crippen molar-refractivity contribution in [2.24, 2.45) is 5.73 Å². The Morgan fingerprint density at radius 3 is 2.84 bits per heavy atom. The number of anilines is 2. The van der Waals surface area contributed by atoms with E-state index >= 15 is 0 Å². The Labute approximate surface area is 140 Å². The molecule has 1 aromatic heterocycles. The highest BCUT2D eigenvalue weighted by Gasteiger charge is 2.57. The third kappa shape index (κ3) is 1.61. The fraction of sp³-hybridized carbons (Fsp3) is 0.133. The zero-order valence-electron chi connectivity index (χ0n) is 12.9. The molecule has 0 aliphatic carbocycles. The number of aromatic nitrogens is 2. The highest BCUT2D eigenvalue weighted by Crippen LogP contribution is 2.53. The van der Waals surface area contributed by atoms with Gasteiger partial charge in [0.25, 0.3) is 5.69 Å². The molecule has 0 unspecified atom stereocenters. The lowest BCUT2D eigenvalue weighted by molar-refractivity contribution is -0.384. The Kier molecular flexibility index (Phi) is 2.69. The highest BCUT2D eigenvalue weighted by atomic mass is 16.6. The van der Waals surface area contributed by atoms with E-state index in [0.717, 1.165) is 0 Å². The maximum absolute atomic E-state index is 13.0. The molecule has 3 heterocycles. The lowest BCUT2D eigenvalue weighted by atomic mass is 9.68. The minimum absolute atomic E-state index is 0.0176. The molecule has 2 aromatic rings. The standard InChI is InChI=1S/C15H11N7O3/c1-6-11-13(21-20-6)19-12(17)9(5-16)15(11)8-4-7(22(24)25)2-3-10(8)18-14(15)23/h2-4H,17H2,1H3,(H,18,23)(H2,19,20,21)/t15-/m1/s1. The zero-order valence-corrected chi connectivity index (χ0v) is 12.9. The van der Waals surface area contributed by atoms with Crippen molar-refractivity contribution in [3.8, 4) is 6.07 Å². The van der Waals surface area contributed by atoms with Gasteiger partial charge in [-0.3, -0.25) is 20.0 Å². The summed E-state index contributed by atoms with van der Waals surface area (Å²) in [4.78, 5) is 23.7. The summed E-state index contributed by atoms with van der Waals surface area (Å²) in [6.07, 6.45) is 0. The molecule has 0 bridgehead atoms. The van der Waals surface area contributed by atoms with E-state index in [1.165, 1.54) is 18.2 Å². The predicted molar refractivity (Wildman–Crippen MR) is 86.3 cm³/mol. The number of benzene rings is 1. The Bertz CT molecular complexity index is 1050. The third-order valence-corrected chi connectivity index (χ3v) is 4.54. The highest BCUT2D eigenvalue weighted by molar-refractivity contribution is 6.13. The number of aromatic amines is 1. The second kappa shape index (κ2) is 4.57. The lowest BCUT2D eigenvalue weighted by Gasteiger charge is -2.32. The van der Waals surface area contributed by atoms with Gasteiger partial charge in [0.05, 0.1) is 10.5 Å². The number of amides is 1. The number of nitrogens with one attached hydrogen (secondary N) is 3. The molecule has 10 heteroatoms. The van der Waals surface area contributed by atoms with E-state index in [1.807, 2.05) is 6.07 Å². The SMILES string of the molecule is Cc1[nH]nc2c1[C@]1(C(=O)Nc3ccc([N+](=O)[O-])cc31)C(C#N)=C(N)N2. The van der Waals surface area contributed by atoms with Gasteiger partial charge in [-0.2, -0.15) is 10.4 Å². The van der Waals surface area contributed by atoms with Gasteiger partial charge < -0.3 is 16.4 Å². The number of hydrogen-bond donors (Lipinski definition) is 4. The molecule has 2 aliphatic heterocycles. The number of nitro groups is 1. The summed E-state index contributed by atoms with van der Waals surface area (Å²) in [5.41, 5.74) is 5.84. The number of nitro benzene ring substituents is 1. The van der Waals surface area contributed by atoms with Crippen molar-refractivity contribution in [1.82, 2.24) is 10.2 Å². The summed E-state index contributed by atoms with van der Waals surface area (Å²) in [5.74, 6) is -0.214. The quantitative estimate of drug-likeness (QED) is 0.445. The van der Waals surface area contributed by atoms with Gasteiger partial charge in [-0.15, -0.1) is 0 Å². The second-order valence-corrected chi connectivity index (χ2v) is 5.79. The van der Waals surface area contributed by atoms with Crippen molar-refractivity contribution in [2.75, 3.05) is 10.6 Å². The number of H-pyrrole nitrogens is 1. The molecule has 124 valence electrons. The van der Waals surface area contributed by atoms with Gasteiger partial charge in [-0.25, -0.2) is 0 Å². The van der Waals surface area contributed by atoms with Crippen LogP contribution in [0.4, 0.5) is 17.2 Å². The number of carbonyl (C=O) groups excluding carboxylic acids is 1. The molecule has 10 nitrogen and oxygen atoms in total. The summed E-state index contributed by atoms with van der Waals surface area (Å²) in [6.45, 7) is 1.70. The van der Waals surface area contributed by atoms with Crippen molar-refractivity contribution in [3.63, 3.8) is 0 Å². The van der Waals surface area contributed by atoms with Gasteiger partial charge in [-0.05, 0) is 13.0 Å². The average Bonchev–Trinajstić information content (AvgIpc) is 3.06. The molecule has 5 N–H and O–H groups in total. The molecule has 0 saturated carbocycles. The van der Waals surface area contributed by atoms with Gasteiger partial charge in [-0.1, -0.05) is 0 Å². The molecule has 1 aromatic carbocycles. The Balaban J connectivity index is 2.16. The lowest BCUT2D eigenvalue weighted by Crippen LogP contribution is -2.43. The number of fused-ring (bicyclic) bond motifs is 4. The number of nitrogens with zero attached hydrogens (tertiary/aromatic N) is 3. The molecule has 0 fully saturated rings. The predicted octanol–water partition coefficient (Wildman–Crippen LogP) is 0.984. The summed E-state index contributed by atoms with van der Waals surface area (Å²) >= 11 is 0. The molecule has 25 heavy (non-hydrogen) atoms. The van der Waals surface area contributed by atoms with E-state index in [4.69, 9.17) is 5.73 Å². The fourth-order valence-corrected chi connectivity index (χ4v) is 3.54. The minimum atomic E-state index is -1.59. The van der Waals surface area contributed by atoms with Crippen LogP contribution in [-0.2, 0) is 10.2 Å². The van der Waals surface area contributed by atoms with Crippen LogP contribution >= 0.6 is 0 Å². The van der Waals surface area contributed by atoms with Gasteiger partial charge in [0.2, 0.25) is 5.91 Å². The van der Waals surface area contributed by atoms with Gasteiger partial charge in [0.1, 0.15) is 17.3 Å². The van der Waals surface area contributed by atoms with E-state index in [9.17, 15) is 20.2 Å². The van der Waals surface area contributed by atoms with Crippen molar-refractivity contribution < 1.29 is 9.72 Å². The van der Waals surface area contributed by atoms with Crippen LogP contribution in [-0.4, -0.2) is 21.0 Å². The van der Waals surface area contributed by atoms with Gasteiger partial charge in [0.15, 0.2) is 5.82 Å². The maximum atomic E-state index is 13.0. The fourth-order valence-electron chi connectivity index (χ4n) is 3.54. The minimum Gasteiger partial charge on any atom is -0.384 e. The second-order valence-electron chi connectivity index (χ2n) is 5.79. The molecular formula is C15H11N7O3. The zero-order chi connectivity index (χ0) is 17.9. The van der Waals surface area contributed by atoms with Gasteiger partial charge in [0, 0.05) is 34.6 Å². The van der Waals surface area contributed by atoms with Crippen LogP contribution in [0.2, 0.25) is 0 Å². The monoisotopic (exact) mass is 337 g/mol. The van der Waals surface area contributed by atoms with E-state index in [2.05, 4.69) is 20.8 Å². The number of nitrogens with two attached hydrogens (primary N) is 1. The Hall–Kier alpha value is -3.87. The van der Waals surface area contributed by atoms with Crippen LogP contribution in [0.3, 0.4) is 0 Å². The van der Waals surface area contributed by atoms with Crippen LogP contribution in [0.15, 0.2) is 29.6 Å². The van der Waals surface area contributed by atoms with Crippen LogP contribution in [0.5, 0.6) is 0 Å². The van der Waals surface area contributed by atoms with E-state index in [-0.39, 0.29) is 17.1 Å². The van der Waals surface area contributed by atoms with Crippen molar-refractivity contribution in [3.05, 3.63) is 56.5 Å². The van der Waals surface area contributed by atoms with Crippen LogP contribution in [0.1, 0.15) is 16.8 Å². The van der Waals surface area contributed by atoms with Gasteiger partial charge >= 0.3 is 0 Å². The smallest absolute Gasteiger partial charge is 0.269 e. The third-order valence-electron chi connectivity index (χ3n) is 4.54. The molecule has 0 radical (unpaired) electrons. The summed E-state index contributed by atoms with van der Waals surface area (Å²) in [7, 11) is 0. The molecule has 1 atom stereocenters. The van der Waals surface area contributed by atoms with Crippen LogP contribution in [0, 0.1) is 28.4 Å². The first-order chi connectivity index (χ1) is 11.9. The van der Waals surface area contributed by atoms with E-state index in [1.54, 1.807) is 6.92 Å². The molecule has 0 saturated heterocycles. The number of nitriles is 1. The first-order valence-corrected chi connectivity index (χ1v) is 7.24.